The summed E-state index contributed by atoms with van der Waals surface area (Å²) in [6.07, 6.45) is 0. The van der Waals surface area contributed by atoms with E-state index in [1.54, 1.807) is 0 Å². The first-order valence-electron chi connectivity index (χ1n) is 6.29. The number of carbonyl (C=O) groups excluding carboxylic acids is 1. The van der Waals surface area contributed by atoms with Crippen molar-refractivity contribution in [1.82, 2.24) is 0 Å². The van der Waals surface area contributed by atoms with Crippen molar-refractivity contribution < 1.29 is 4.79 Å². The molecule has 2 aliphatic heterocycles. The summed E-state index contributed by atoms with van der Waals surface area (Å²) in [5, 5.41) is 7.81. The normalized spacial score (nSPS) is 16.0. The van der Waals surface area contributed by atoms with Crippen molar-refractivity contribution in [3.05, 3.63) is 65.7 Å². The lowest BCUT2D eigenvalue weighted by molar-refractivity contribution is -0.112. The molecule has 2 heterocycles. The van der Waals surface area contributed by atoms with E-state index in [-0.39, 0.29) is 5.91 Å². The van der Waals surface area contributed by atoms with Gasteiger partial charge in [0.25, 0.3) is 0 Å². The van der Waals surface area contributed by atoms with Crippen molar-refractivity contribution in [2.75, 3.05) is 0 Å². The third-order valence-corrected chi connectivity index (χ3v) is 3.37. The smallest absolute Gasteiger partial charge is 0.263 e. The molecule has 0 saturated carbocycles. The van der Waals surface area contributed by atoms with Crippen LogP contribution in [0.4, 0.5) is 5.69 Å². The molecule has 2 aliphatic rings. The number of nitrogens with zero attached hydrogens (tertiary/aromatic N) is 3. The van der Waals surface area contributed by atoms with E-state index >= 15 is 0 Å². The van der Waals surface area contributed by atoms with E-state index in [1.165, 1.54) is 0 Å². The fourth-order valence-corrected chi connectivity index (χ4v) is 2.47. The molecule has 4 rings (SSSR count). The van der Waals surface area contributed by atoms with E-state index in [0.717, 1.165) is 22.4 Å². The molecule has 20 heavy (non-hydrogen) atoms. The van der Waals surface area contributed by atoms with Gasteiger partial charge in [0, 0.05) is 16.7 Å². The summed E-state index contributed by atoms with van der Waals surface area (Å²) >= 11 is 0. The molecule has 2 aromatic rings. The van der Waals surface area contributed by atoms with Gasteiger partial charge in [0.15, 0.2) is 0 Å². The van der Waals surface area contributed by atoms with E-state index < -0.39 is 0 Å². The minimum Gasteiger partial charge on any atom is -0.263 e. The molecule has 2 aromatic carbocycles. The highest BCUT2D eigenvalue weighted by atomic mass is 16.2. The molecule has 0 unspecified atom stereocenters. The number of carbonyl (C=O) groups is 1. The summed E-state index contributed by atoms with van der Waals surface area (Å²) in [5.41, 5.74) is 4.55. The second-order valence-electron chi connectivity index (χ2n) is 4.57. The molecule has 0 bridgehead atoms. The highest BCUT2D eigenvalue weighted by molar-refractivity contribution is 6.61. The summed E-state index contributed by atoms with van der Waals surface area (Å²) < 4.78 is 0. The van der Waals surface area contributed by atoms with Crippen LogP contribution in [-0.4, -0.2) is 11.6 Å². The lowest BCUT2D eigenvalue weighted by atomic mass is 9.96. The minimum atomic E-state index is -0.379. The standard InChI is InChI=1S/C16H9N3O/c20-16-15-13(11-8-4-5-9-12(11)17-15)14(18-19-16)10-6-2-1-3-7-10/h1-9H. The first-order chi connectivity index (χ1) is 9.84. The van der Waals surface area contributed by atoms with E-state index in [9.17, 15) is 4.79 Å². The molecule has 0 N–H and O–H groups in total. The number of fused-ring (bicyclic) bond motifs is 3. The number of para-hydroxylation sites is 1. The van der Waals surface area contributed by atoms with Gasteiger partial charge in [-0.3, -0.25) is 4.79 Å². The molecule has 0 fully saturated rings. The number of hydrogen-bond acceptors (Lipinski definition) is 3. The zero-order valence-electron chi connectivity index (χ0n) is 10.4. The zero-order valence-corrected chi connectivity index (χ0v) is 10.4. The number of hydrogen-bond donors (Lipinski definition) is 0. The number of aliphatic imine (C=N–C) groups is 1. The maximum Gasteiger partial charge on any atom is 0.314 e. The van der Waals surface area contributed by atoms with E-state index in [4.69, 9.17) is 0 Å². The minimum absolute atomic E-state index is 0.379. The predicted octanol–water partition coefficient (Wildman–Crippen LogP) is 3.63. The Hall–Kier alpha value is -2.88. The lowest BCUT2D eigenvalue weighted by Crippen LogP contribution is -2.14. The lowest BCUT2D eigenvalue weighted by Gasteiger charge is -2.11. The molecule has 4 heteroatoms. The summed E-state index contributed by atoms with van der Waals surface area (Å²) in [6, 6.07) is 17.4. The third-order valence-electron chi connectivity index (χ3n) is 3.37. The van der Waals surface area contributed by atoms with Crippen molar-refractivity contribution in [2.24, 2.45) is 15.2 Å². The summed E-state index contributed by atoms with van der Waals surface area (Å²) in [7, 11) is 0. The average molecular weight is 259 g/mol. The molecular formula is C16H9N3O. The quantitative estimate of drug-likeness (QED) is 0.771. The van der Waals surface area contributed by atoms with Crippen LogP contribution in [0.25, 0.3) is 11.3 Å². The Kier molecular flexibility index (Phi) is 2.23. The monoisotopic (exact) mass is 259 g/mol. The average Bonchev–Trinajstić information content (AvgIpc) is 2.89. The van der Waals surface area contributed by atoms with Gasteiger partial charge in [-0.2, -0.15) is 0 Å². The van der Waals surface area contributed by atoms with Crippen LogP contribution in [0.1, 0.15) is 11.1 Å². The Morgan fingerprint density at radius 2 is 1.55 bits per heavy atom. The highest BCUT2D eigenvalue weighted by Gasteiger charge is 2.32. The van der Waals surface area contributed by atoms with Crippen molar-refractivity contribution in [3.8, 4) is 0 Å². The van der Waals surface area contributed by atoms with Crippen LogP contribution in [-0.2, 0) is 4.79 Å². The molecule has 0 atom stereocenters. The van der Waals surface area contributed by atoms with E-state index in [2.05, 4.69) is 15.2 Å². The largest absolute Gasteiger partial charge is 0.314 e. The Bertz CT molecular complexity index is 817. The first kappa shape index (κ1) is 11.0. The van der Waals surface area contributed by atoms with Gasteiger partial charge in [0.05, 0.1) is 5.69 Å². The van der Waals surface area contributed by atoms with Crippen LogP contribution in [0.5, 0.6) is 0 Å². The SMILES string of the molecule is O=C1N=NC(c2ccccc2)=C2C1=Nc1ccccc12. The van der Waals surface area contributed by atoms with Crippen LogP contribution < -0.4 is 0 Å². The molecule has 1 amide bonds. The van der Waals surface area contributed by atoms with Crippen molar-refractivity contribution in [2.45, 2.75) is 0 Å². The fourth-order valence-electron chi connectivity index (χ4n) is 2.47. The summed E-state index contributed by atoms with van der Waals surface area (Å²) in [6.45, 7) is 0. The third kappa shape index (κ3) is 1.48. The molecule has 0 aliphatic carbocycles. The van der Waals surface area contributed by atoms with Crippen LogP contribution >= 0.6 is 0 Å². The molecular weight excluding hydrogens is 250 g/mol. The summed E-state index contributed by atoms with van der Waals surface area (Å²) in [5.74, 6) is -0.379. The van der Waals surface area contributed by atoms with Crippen molar-refractivity contribution >= 4 is 28.6 Å². The topological polar surface area (TPSA) is 54.1 Å². The van der Waals surface area contributed by atoms with Crippen molar-refractivity contribution in [1.29, 1.82) is 0 Å². The van der Waals surface area contributed by atoms with Crippen LogP contribution in [0.3, 0.4) is 0 Å². The molecule has 94 valence electrons. The molecule has 0 saturated heterocycles. The van der Waals surface area contributed by atoms with E-state index in [0.29, 0.717) is 11.4 Å². The number of benzene rings is 2. The molecule has 0 radical (unpaired) electrons. The molecule has 0 aromatic heterocycles. The van der Waals surface area contributed by atoms with Crippen LogP contribution in [0.15, 0.2) is 69.8 Å². The zero-order chi connectivity index (χ0) is 13.5. The van der Waals surface area contributed by atoms with Gasteiger partial charge in [-0.15, -0.1) is 10.2 Å². The van der Waals surface area contributed by atoms with Crippen LogP contribution in [0.2, 0.25) is 0 Å². The first-order valence-corrected chi connectivity index (χ1v) is 6.29. The second kappa shape index (κ2) is 4.06. The Morgan fingerprint density at radius 3 is 2.40 bits per heavy atom. The Morgan fingerprint density at radius 1 is 0.800 bits per heavy atom. The fraction of sp³-hybridized carbons (Fsp3) is 0. The Labute approximate surface area is 115 Å². The number of azo groups is 1. The van der Waals surface area contributed by atoms with Gasteiger partial charge in [-0.05, 0) is 6.07 Å². The molecule has 4 nitrogen and oxygen atoms in total. The summed E-state index contributed by atoms with van der Waals surface area (Å²) in [4.78, 5) is 16.3. The Balaban J connectivity index is 2.03. The van der Waals surface area contributed by atoms with Gasteiger partial charge in [0.1, 0.15) is 11.4 Å². The van der Waals surface area contributed by atoms with E-state index in [1.807, 2.05) is 54.6 Å². The van der Waals surface area contributed by atoms with Gasteiger partial charge in [0.2, 0.25) is 0 Å². The van der Waals surface area contributed by atoms with Crippen molar-refractivity contribution in [3.63, 3.8) is 0 Å². The van der Waals surface area contributed by atoms with Gasteiger partial charge >= 0.3 is 5.91 Å². The molecule has 0 spiro atoms. The highest BCUT2D eigenvalue weighted by Crippen LogP contribution is 2.41. The predicted molar refractivity (Wildman–Crippen MR) is 76.7 cm³/mol. The maximum atomic E-state index is 11.9. The second-order valence-corrected chi connectivity index (χ2v) is 4.57. The number of amides is 1. The van der Waals surface area contributed by atoms with Crippen LogP contribution in [0, 0.1) is 0 Å². The van der Waals surface area contributed by atoms with Gasteiger partial charge in [-0.25, -0.2) is 4.99 Å². The van der Waals surface area contributed by atoms with Gasteiger partial charge in [-0.1, -0.05) is 48.5 Å². The maximum absolute atomic E-state index is 11.9. The van der Waals surface area contributed by atoms with Gasteiger partial charge < -0.3 is 0 Å². The number of rotatable bonds is 1.